The van der Waals surface area contributed by atoms with Gasteiger partial charge in [0.15, 0.2) is 0 Å². The van der Waals surface area contributed by atoms with Crippen molar-refractivity contribution in [1.82, 2.24) is 5.32 Å². The highest BCUT2D eigenvalue weighted by Gasteiger charge is 2.00. The van der Waals surface area contributed by atoms with E-state index in [9.17, 15) is 4.79 Å². The Hall–Kier alpha value is -3.26. The lowest BCUT2D eigenvalue weighted by molar-refractivity contribution is 0.141. The Bertz CT molecular complexity index is 731. The molecule has 5 heteroatoms. The van der Waals surface area contributed by atoms with Crippen LogP contribution in [0.25, 0.3) is 0 Å². The van der Waals surface area contributed by atoms with Crippen LogP contribution in [-0.2, 0) is 11.3 Å². The number of hydrogen-bond acceptors (Lipinski definition) is 4. The van der Waals surface area contributed by atoms with E-state index in [2.05, 4.69) is 22.3 Å². The van der Waals surface area contributed by atoms with Crippen LogP contribution in [0.3, 0.4) is 0 Å². The van der Waals surface area contributed by atoms with E-state index in [1.54, 1.807) is 12.1 Å². The zero-order chi connectivity index (χ0) is 16.3. The first-order valence-corrected chi connectivity index (χ1v) is 6.99. The summed E-state index contributed by atoms with van der Waals surface area (Å²) in [6, 6.07) is 16.7. The van der Waals surface area contributed by atoms with Gasteiger partial charge < -0.3 is 15.3 Å². The van der Waals surface area contributed by atoms with Gasteiger partial charge in [-0.15, -0.1) is 0 Å². The number of hydrogen-bond donors (Lipinski definition) is 2. The van der Waals surface area contributed by atoms with Crippen LogP contribution in [0.4, 0.5) is 4.79 Å². The fourth-order valence-electron chi connectivity index (χ4n) is 1.80. The molecular formula is C18H16N2O3. The predicted octanol–water partition coefficient (Wildman–Crippen LogP) is 2.77. The number of rotatable bonds is 4. The summed E-state index contributed by atoms with van der Waals surface area (Å²) in [4.78, 5) is 11.5. The Morgan fingerprint density at radius 3 is 2.83 bits per heavy atom. The van der Waals surface area contributed by atoms with Gasteiger partial charge in [0.05, 0.1) is 12.8 Å². The molecule has 23 heavy (non-hydrogen) atoms. The lowest BCUT2D eigenvalue weighted by atomic mass is 10.1. The molecular weight excluding hydrogens is 292 g/mol. The Morgan fingerprint density at radius 1 is 1.22 bits per heavy atom. The molecule has 2 aromatic carbocycles. The van der Waals surface area contributed by atoms with E-state index < -0.39 is 6.09 Å². The molecule has 0 aromatic heterocycles. The van der Waals surface area contributed by atoms with Gasteiger partial charge in [-0.1, -0.05) is 59.5 Å². The number of oxime groups is 1. The van der Waals surface area contributed by atoms with Crippen LogP contribution in [0.1, 0.15) is 16.7 Å². The second-order valence-corrected chi connectivity index (χ2v) is 4.59. The van der Waals surface area contributed by atoms with Crippen molar-refractivity contribution in [3.8, 4) is 11.8 Å². The predicted molar refractivity (Wildman–Crippen MR) is 87.3 cm³/mol. The number of ether oxygens (including phenoxy) is 1. The molecule has 0 unspecified atom stereocenters. The number of amides is 1. The van der Waals surface area contributed by atoms with Crippen molar-refractivity contribution >= 4 is 12.3 Å². The maximum atomic E-state index is 11.5. The topological polar surface area (TPSA) is 70.9 Å². The van der Waals surface area contributed by atoms with Crippen LogP contribution in [0.2, 0.25) is 0 Å². The van der Waals surface area contributed by atoms with E-state index in [4.69, 9.17) is 9.94 Å². The molecule has 0 radical (unpaired) electrons. The van der Waals surface area contributed by atoms with Gasteiger partial charge in [-0.05, 0) is 23.3 Å². The number of nitrogens with zero attached hydrogens (tertiary/aromatic N) is 1. The Morgan fingerprint density at radius 2 is 2.04 bits per heavy atom. The third-order valence-electron chi connectivity index (χ3n) is 2.86. The molecule has 2 N–H and O–H groups in total. The smallest absolute Gasteiger partial charge is 0.408 e. The maximum Gasteiger partial charge on any atom is 0.408 e. The molecule has 2 rings (SSSR count). The number of alkyl carbamates (subject to hydrolysis) is 1. The van der Waals surface area contributed by atoms with Gasteiger partial charge in [0, 0.05) is 5.56 Å². The van der Waals surface area contributed by atoms with Crippen molar-refractivity contribution in [2.24, 2.45) is 5.16 Å². The first-order chi connectivity index (χ1) is 11.3. The lowest BCUT2D eigenvalue weighted by Gasteiger charge is -2.04. The Balaban J connectivity index is 1.76. The first kappa shape index (κ1) is 16.1. The minimum Gasteiger partial charge on any atom is -0.445 e. The Labute approximate surface area is 134 Å². The van der Waals surface area contributed by atoms with E-state index >= 15 is 0 Å². The van der Waals surface area contributed by atoms with Crippen LogP contribution < -0.4 is 5.32 Å². The Kier molecular flexibility index (Phi) is 6.24. The van der Waals surface area contributed by atoms with E-state index in [-0.39, 0.29) is 13.2 Å². The van der Waals surface area contributed by atoms with Crippen LogP contribution in [0.5, 0.6) is 0 Å². The second kappa shape index (κ2) is 8.90. The standard InChI is InChI=1S/C18H16N2O3/c21-18(23-14-16-6-2-1-3-7-16)19-11-5-10-15-8-4-9-17(12-15)13-20-22/h1-4,6-9,12-13,22H,11,14H2,(H,19,21). The fraction of sp³-hybridized carbons (Fsp3) is 0.111. The molecule has 0 spiro atoms. The summed E-state index contributed by atoms with van der Waals surface area (Å²) >= 11 is 0. The molecule has 0 aliphatic rings. The molecule has 0 fully saturated rings. The highest BCUT2D eigenvalue weighted by atomic mass is 16.5. The number of benzene rings is 2. The third kappa shape index (κ3) is 5.94. The molecule has 1 amide bonds. The first-order valence-electron chi connectivity index (χ1n) is 6.99. The van der Waals surface area contributed by atoms with Crippen LogP contribution in [0, 0.1) is 11.8 Å². The zero-order valence-electron chi connectivity index (χ0n) is 12.4. The summed E-state index contributed by atoms with van der Waals surface area (Å²) < 4.78 is 5.07. The molecule has 0 aliphatic heterocycles. The van der Waals surface area contributed by atoms with E-state index in [0.29, 0.717) is 0 Å². The van der Waals surface area contributed by atoms with Gasteiger partial charge in [-0.2, -0.15) is 0 Å². The minimum absolute atomic E-state index is 0.186. The van der Waals surface area contributed by atoms with Gasteiger partial charge in [0.2, 0.25) is 0 Å². The minimum atomic E-state index is -0.510. The van der Waals surface area contributed by atoms with Crippen LogP contribution >= 0.6 is 0 Å². The van der Waals surface area contributed by atoms with E-state index in [1.807, 2.05) is 42.5 Å². The summed E-state index contributed by atoms with van der Waals surface area (Å²) in [7, 11) is 0. The molecule has 2 aromatic rings. The third-order valence-corrected chi connectivity index (χ3v) is 2.86. The zero-order valence-corrected chi connectivity index (χ0v) is 12.4. The molecule has 0 aliphatic carbocycles. The highest BCUT2D eigenvalue weighted by molar-refractivity contribution is 5.79. The summed E-state index contributed by atoms with van der Waals surface area (Å²) in [5.41, 5.74) is 2.44. The molecule has 0 bridgehead atoms. The lowest BCUT2D eigenvalue weighted by Crippen LogP contribution is -2.24. The van der Waals surface area contributed by atoms with Gasteiger partial charge in [-0.3, -0.25) is 0 Å². The maximum absolute atomic E-state index is 11.5. The van der Waals surface area contributed by atoms with Gasteiger partial charge in [0.25, 0.3) is 0 Å². The molecule has 0 saturated heterocycles. The van der Waals surface area contributed by atoms with Crippen molar-refractivity contribution < 1.29 is 14.7 Å². The van der Waals surface area contributed by atoms with Crippen molar-refractivity contribution in [3.63, 3.8) is 0 Å². The SMILES string of the molecule is O=C(NCC#Cc1cccc(C=NO)c1)OCc1ccccc1. The number of carbonyl (C=O) groups excluding carboxylic acids is 1. The van der Waals surface area contributed by atoms with Crippen LogP contribution in [-0.4, -0.2) is 24.1 Å². The fourth-order valence-corrected chi connectivity index (χ4v) is 1.80. The molecule has 0 saturated carbocycles. The quantitative estimate of drug-likeness (QED) is 0.395. The molecule has 5 nitrogen and oxygen atoms in total. The number of nitrogens with one attached hydrogen (secondary N) is 1. The van der Waals surface area contributed by atoms with Crippen LogP contribution in [0.15, 0.2) is 59.8 Å². The second-order valence-electron chi connectivity index (χ2n) is 4.59. The highest BCUT2D eigenvalue weighted by Crippen LogP contribution is 2.02. The summed E-state index contributed by atoms with van der Waals surface area (Å²) in [5.74, 6) is 5.74. The van der Waals surface area contributed by atoms with Crippen molar-refractivity contribution in [3.05, 3.63) is 71.3 Å². The molecule has 0 heterocycles. The van der Waals surface area contributed by atoms with Gasteiger partial charge in [0.1, 0.15) is 6.61 Å². The van der Waals surface area contributed by atoms with E-state index in [0.717, 1.165) is 16.7 Å². The monoisotopic (exact) mass is 308 g/mol. The largest absolute Gasteiger partial charge is 0.445 e. The number of carbonyl (C=O) groups is 1. The summed E-state index contributed by atoms with van der Waals surface area (Å²) in [5, 5.41) is 14.0. The summed E-state index contributed by atoms with van der Waals surface area (Å²) in [6.07, 6.45) is 0.814. The molecule has 116 valence electrons. The van der Waals surface area contributed by atoms with Crippen molar-refractivity contribution in [2.45, 2.75) is 6.61 Å². The van der Waals surface area contributed by atoms with Gasteiger partial charge >= 0.3 is 6.09 Å². The normalized spacial score (nSPS) is 9.91. The molecule has 0 atom stereocenters. The average molecular weight is 308 g/mol. The van der Waals surface area contributed by atoms with Crippen molar-refractivity contribution in [1.29, 1.82) is 0 Å². The summed E-state index contributed by atoms with van der Waals surface area (Å²) in [6.45, 7) is 0.411. The van der Waals surface area contributed by atoms with Gasteiger partial charge in [-0.25, -0.2) is 4.79 Å². The van der Waals surface area contributed by atoms with E-state index in [1.165, 1.54) is 6.21 Å². The average Bonchev–Trinajstić information content (AvgIpc) is 2.58. The van der Waals surface area contributed by atoms with Crippen molar-refractivity contribution in [2.75, 3.05) is 6.54 Å².